The van der Waals surface area contributed by atoms with E-state index in [2.05, 4.69) is 5.32 Å². The average Bonchev–Trinajstić information content (AvgIpc) is 3.29. The monoisotopic (exact) mass is 496 g/mol. The van der Waals surface area contributed by atoms with E-state index in [0.29, 0.717) is 27.8 Å². The Morgan fingerprint density at radius 2 is 1.53 bits per heavy atom. The first kappa shape index (κ1) is 23.6. The third kappa shape index (κ3) is 4.71. The van der Waals surface area contributed by atoms with Gasteiger partial charge in [0.05, 0.1) is 29.7 Å². The van der Waals surface area contributed by atoms with Gasteiger partial charge < -0.3 is 14.8 Å². The van der Waals surface area contributed by atoms with Gasteiger partial charge in [0.2, 0.25) is 0 Å². The molecule has 3 aromatic carbocycles. The summed E-state index contributed by atoms with van der Waals surface area (Å²) in [6.45, 7) is 2.04. The van der Waals surface area contributed by atoms with E-state index in [1.165, 1.54) is 34.9 Å². The predicted molar refractivity (Wildman–Crippen MR) is 136 cm³/mol. The van der Waals surface area contributed by atoms with Gasteiger partial charge in [-0.05, 0) is 85.1 Å². The number of carbonyl (C=O) groups is 1. The number of thiophene rings is 1. The van der Waals surface area contributed by atoms with Crippen LogP contribution >= 0.6 is 11.3 Å². The number of rotatable bonds is 8. The van der Waals surface area contributed by atoms with Crippen LogP contribution in [0, 0.1) is 0 Å². The number of anilines is 2. The SMILES string of the molecule is CCN(c1ccc2sc(C(=O)Nc3ccc(OC)cc3)cc2c1)S(=O)(=O)c1ccc(OC)cc1. The van der Waals surface area contributed by atoms with Crippen molar-refractivity contribution in [2.75, 3.05) is 30.4 Å². The lowest BCUT2D eigenvalue weighted by Gasteiger charge is -2.23. The van der Waals surface area contributed by atoms with Crippen molar-refractivity contribution in [3.63, 3.8) is 0 Å². The number of methoxy groups -OCH3 is 2. The molecule has 1 N–H and O–H groups in total. The maximum Gasteiger partial charge on any atom is 0.265 e. The van der Waals surface area contributed by atoms with Gasteiger partial charge in [-0.2, -0.15) is 0 Å². The molecular formula is C25H24N2O5S2. The van der Waals surface area contributed by atoms with Gasteiger partial charge in [-0.3, -0.25) is 9.10 Å². The highest BCUT2D eigenvalue weighted by Gasteiger charge is 2.24. The summed E-state index contributed by atoms with van der Waals surface area (Å²) in [4.78, 5) is 13.5. The van der Waals surface area contributed by atoms with Crippen molar-refractivity contribution in [3.05, 3.63) is 77.7 Å². The van der Waals surface area contributed by atoms with E-state index in [9.17, 15) is 13.2 Å². The van der Waals surface area contributed by atoms with Gasteiger partial charge in [-0.25, -0.2) is 8.42 Å². The Bertz CT molecular complexity index is 1410. The minimum atomic E-state index is -3.76. The summed E-state index contributed by atoms with van der Waals surface area (Å²) < 4.78 is 39.1. The second-order valence-corrected chi connectivity index (χ2v) is 10.3. The number of nitrogens with zero attached hydrogens (tertiary/aromatic N) is 1. The van der Waals surface area contributed by atoms with Crippen molar-refractivity contribution < 1.29 is 22.7 Å². The Morgan fingerprint density at radius 3 is 2.12 bits per heavy atom. The molecule has 7 nitrogen and oxygen atoms in total. The van der Waals surface area contributed by atoms with Crippen molar-refractivity contribution in [3.8, 4) is 11.5 Å². The van der Waals surface area contributed by atoms with E-state index in [4.69, 9.17) is 9.47 Å². The highest BCUT2D eigenvalue weighted by Crippen LogP contribution is 2.32. The van der Waals surface area contributed by atoms with Crippen LogP contribution in [-0.4, -0.2) is 35.1 Å². The van der Waals surface area contributed by atoms with Crippen LogP contribution in [0.2, 0.25) is 0 Å². The minimum Gasteiger partial charge on any atom is -0.497 e. The normalized spacial score (nSPS) is 11.3. The molecule has 0 saturated carbocycles. The highest BCUT2D eigenvalue weighted by atomic mass is 32.2. The lowest BCUT2D eigenvalue weighted by molar-refractivity contribution is 0.103. The van der Waals surface area contributed by atoms with E-state index in [1.54, 1.807) is 68.6 Å². The molecule has 0 fully saturated rings. The Morgan fingerprint density at radius 1 is 0.912 bits per heavy atom. The number of hydrogen-bond acceptors (Lipinski definition) is 6. The molecule has 1 amide bonds. The third-order valence-electron chi connectivity index (χ3n) is 5.29. The van der Waals surface area contributed by atoms with Gasteiger partial charge in [0.1, 0.15) is 11.5 Å². The maximum absolute atomic E-state index is 13.3. The number of fused-ring (bicyclic) bond motifs is 1. The molecule has 0 radical (unpaired) electrons. The van der Waals surface area contributed by atoms with Gasteiger partial charge in [-0.15, -0.1) is 11.3 Å². The van der Waals surface area contributed by atoms with E-state index >= 15 is 0 Å². The van der Waals surface area contributed by atoms with E-state index in [-0.39, 0.29) is 17.3 Å². The molecule has 0 atom stereocenters. The summed E-state index contributed by atoms with van der Waals surface area (Å²) in [6.07, 6.45) is 0. The van der Waals surface area contributed by atoms with Crippen molar-refractivity contribution in [2.45, 2.75) is 11.8 Å². The van der Waals surface area contributed by atoms with Crippen LogP contribution in [0.4, 0.5) is 11.4 Å². The molecule has 4 aromatic rings. The molecule has 0 spiro atoms. The van der Waals surface area contributed by atoms with Crippen LogP contribution in [0.5, 0.6) is 11.5 Å². The molecule has 0 aliphatic carbocycles. The van der Waals surface area contributed by atoms with Crippen molar-refractivity contribution >= 4 is 48.7 Å². The lowest BCUT2D eigenvalue weighted by Crippen LogP contribution is -2.30. The number of sulfonamides is 1. The zero-order valence-corrected chi connectivity index (χ0v) is 20.6. The van der Waals surface area contributed by atoms with E-state index in [0.717, 1.165) is 10.1 Å². The van der Waals surface area contributed by atoms with Gasteiger partial charge >= 0.3 is 0 Å². The van der Waals surface area contributed by atoms with E-state index < -0.39 is 10.0 Å². The summed E-state index contributed by atoms with van der Waals surface area (Å²) >= 11 is 1.35. The van der Waals surface area contributed by atoms with E-state index in [1.807, 2.05) is 6.07 Å². The van der Waals surface area contributed by atoms with Crippen LogP contribution in [0.15, 0.2) is 77.7 Å². The van der Waals surface area contributed by atoms with Crippen LogP contribution in [-0.2, 0) is 10.0 Å². The average molecular weight is 497 g/mol. The van der Waals surface area contributed by atoms with Gasteiger partial charge in [-0.1, -0.05) is 0 Å². The van der Waals surface area contributed by atoms with Crippen molar-refractivity contribution in [1.82, 2.24) is 0 Å². The number of carbonyl (C=O) groups excluding carboxylic acids is 1. The number of benzene rings is 3. The molecular weight excluding hydrogens is 472 g/mol. The molecule has 176 valence electrons. The fourth-order valence-corrected chi connectivity index (χ4v) is 5.93. The molecule has 34 heavy (non-hydrogen) atoms. The second-order valence-electron chi connectivity index (χ2n) is 7.36. The summed E-state index contributed by atoms with van der Waals surface area (Å²) in [5, 5.41) is 3.67. The molecule has 0 aliphatic rings. The highest BCUT2D eigenvalue weighted by molar-refractivity contribution is 7.92. The fraction of sp³-hybridized carbons (Fsp3) is 0.160. The van der Waals surface area contributed by atoms with Crippen molar-refractivity contribution in [2.24, 2.45) is 0 Å². The standard InChI is InChI=1S/C25H24N2O5S2/c1-4-27(34(29,30)22-12-10-21(32-3)11-13-22)19-7-14-23-17(15-19)16-24(33-23)25(28)26-18-5-8-20(31-2)9-6-18/h5-16H,4H2,1-3H3,(H,26,28). The quantitative estimate of drug-likeness (QED) is 0.354. The topological polar surface area (TPSA) is 84.9 Å². The lowest BCUT2D eigenvalue weighted by atomic mass is 10.2. The van der Waals surface area contributed by atoms with Crippen molar-refractivity contribution in [1.29, 1.82) is 0 Å². The van der Waals surface area contributed by atoms with Crippen LogP contribution in [0.1, 0.15) is 16.6 Å². The molecule has 0 unspecified atom stereocenters. The van der Waals surface area contributed by atoms with Gasteiger partial charge in [0, 0.05) is 16.9 Å². The molecule has 0 bridgehead atoms. The molecule has 9 heteroatoms. The maximum atomic E-state index is 13.3. The zero-order valence-electron chi connectivity index (χ0n) is 18.9. The Labute approximate surface area is 202 Å². The molecule has 4 rings (SSSR count). The number of ether oxygens (including phenoxy) is 2. The Kier molecular flexibility index (Phi) is 6.76. The molecule has 0 saturated heterocycles. The molecule has 1 aromatic heterocycles. The first-order chi connectivity index (χ1) is 16.3. The van der Waals surface area contributed by atoms with Crippen LogP contribution in [0.3, 0.4) is 0 Å². The van der Waals surface area contributed by atoms with Gasteiger partial charge in [0.15, 0.2) is 0 Å². The predicted octanol–water partition coefficient (Wildman–Crippen LogP) is 5.39. The first-order valence-electron chi connectivity index (χ1n) is 10.5. The summed E-state index contributed by atoms with van der Waals surface area (Å²) in [5.41, 5.74) is 1.19. The van der Waals surface area contributed by atoms with Crippen LogP contribution < -0.4 is 19.1 Å². The smallest absolute Gasteiger partial charge is 0.265 e. The number of amides is 1. The Balaban J connectivity index is 1.60. The van der Waals surface area contributed by atoms with Gasteiger partial charge in [0.25, 0.3) is 15.9 Å². The largest absolute Gasteiger partial charge is 0.497 e. The summed E-state index contributed by atoms with van der Waals surface area (Å²) in [6, 6.07) is 20.6. The number of hydrogen-bond donors (Lipinski definition) is 1. The van der Waals surface area contributed by atoms with Crippen LogP contribution in [0.25, 0.3) is 10.1 Å². The first-order valence-corrected chi connectivity index (χ1v) is 12.8. The summed E-state index contributed by atoms with van der Waals surface area (Å²) in [7, 11) is -0.647. The third-order valence-corrected chi connectivity index (χ3v) is 8.33. The summed E-state index contributed by atoms with van der Waals surface area (Å²) in [5.74, 6) is 1.06. The number of nitrogens with one attached hydrogen (secondary N) is 1. The minimum absolute atomic E-state index is 0.181. The zero-order chi connectivity index (χ0) is 24.3. The molecule has 0 aliphatic heterocycles. The second kappa shape index (κ2) is 9.74. The fourth-order valence-electron chi connectivity index (χ4n) is 3.53. The Hall–Kier alpha value is -3.56. The molecule has 1 heterocycles.